The number of ether oxygens (including phenoxy) is 1. The van der Waals surface area contributed by atoms with Gasteiger partial charge in [0.2, 0.25) is 0 Å². The predicted octanol–water partition coefficient (Wildman–Crippen LogP) is 4.20. The molecule has 1 aromatic carbocycles. The molecular weight excluding hydrogens is 392 g/mol. The maximum Gasteiger partial charge on any atom is 0.338 e. The van der Waals surface area contributed by atoms with E-state index in [0.29, 0.717) is 23.8 Å². The van der Waals surface area contributed by atoms with Crippen LogP contribution in [0.25, 0.3) is 0 Å². The number of ketones is 1. The fraction of sp³-hybridized carbons (Fsp3) is 0.538. The van der Waals surface area contributed by atoms with Crippen LogP contribution in [-0.4, -0.2) is 34.2 Å². The molecule has 1 aromatic rings. The summed E-state index contributed by atoms with van der Waals surface area (Å²) < 4.78 is 5.97. The SMILES string of the molecule is CC12C=CC(=O)C=C1CCC1C2C(O)CC2(C)C(OC(=O)c3cccc(O)c3)CCC12. The smallest absolute Gasteiger partial charge is 0.338 e. The zero-order chi connectivity index (χ0) is 22.0. The highest BCUT2D eigenvalue weighted by Crippen LogP contribution is 2.64. The minimum Gasteiger partial charge on any atom is -0.508 e. The number of esters is 1. The minimum atomic E-state index is -0.516. The van der Waals surface area contributed by atoms with Gasteiger partial charge in [-0.2, -0.15) is 0 Å². The van der Waals surface area contributed by atoms with E-state index >= 15 is 0 Å². The fourth-order valence-corrected chi connectivity index (χ4v) is 7.30. The maximum atomic E-state index is 12.8. The lowest BCUT2D eigenvalue weighted by atomic mass is 9.47. The Labute approximate surface area is 182 Å². The van der Waals surface area contributed by atoms with Crippen molar-refractivity contribution in [2.45, 2.75) is 58.2 Å². The molecular formula is C26H30O5. The summed E-state index contributed by atoms with van der Waals surface area (Å²) in [6, 6.07) is 6.24. The van der Waals surface area contributed by atoms with Gasteiger partial charge < -0.3 is 14.9 Å². The fourth-order valence-electron chi connectivity index (χ4n) is 7.30. The van der Waals surface area contributed by atoms with Gasteiger partial charge in [0.25, 0.3) is 0 Å². The van der Waals surface area contributed by atoms with E-state index in [1.165, 1.54) is 12.1 Å². The summed E-state index contributed by atoms with van der Waals surface area (Å²) in [6.45, 7) is 4.33. The zero-order valence-electron chi connectivity index (χ0n) is 18.1. The molecule has 0 aliphatic heterocycles. The predicted molar refractivity (Wildman–Crippen MR) is 115 cm³/mol. The second-order valence-corrected chi connectivity index (χ2v) is 10.3. The number of phenols is 1. The van der Waals surface area contributed by atoms with Crippen molar-refractivity contribution in [3.63, 3.8) is 0 Å². The lowest BCUT2D eigenvalue weighted by Crippen LogP contribution is -2.56. The number of carbonyl (C=O) groups excluding carboxylic acids is 2. The lowest BCUT2D eigenvalue weighted by Gasteiger charge is -2.58. The number of aromatic hydroxyl groups is 1. The van der Waals surface area contributed by atoms with Gasteiger partial charge >= 0.3 is 5.97 Å². The van der Waals surface area contributed by atoms with Gasteiger partial charge in [-0.1, -0.05) is 31.6 Å². The van der Waals surface area contributed by atoms with E-state index in [1.54, 1.807) is 24.3 Å². The van der Waals surface area contributed by atoms with E-state index < -0.39 is 12.1 Å². The number of carbonyl (C=O) groups is 2. The number of aliphatic hydroxyl groups is 1. The summed E-state index contributed by atoms with van der Waals surface area (Å²) in [5, 5.41) is 21.1. The van der Waals surface area contributed by atoms with Crippen molar-refractivity contribution in [1.29, 1.82) is 0 Å². The van der Waals surface area contributed by atoms with Gasteiger partial charge in [-0.15, -0.1) is 0 Å². The van der Waals surface area contributed by atoms with Crippen molar-refractivity contribution in [3.8, 4) is 5.75 Å². The Kier molecular flexibility index (Phi) is 4.67. The van der Waals surface area contributed by atoms with Gasteiger partial charge in [-0.3, -0.25) is 4.79 Å². The van der Waals surface area contributed by atoms with Crippen LogP contribution < -0.4 is 0 Å². The third-order valence-corrected chi connectivity index (χ3v) is 8.74. The van der Waals surface area contributed by atoms with Gasteiger partial charge in [0.05, 0.1) is 11.7 Å². The molecule has 0 aromatic heterocycles. The molecule has 4 aliphatic carbocycles. The van der Waals surface area contributed by atoms with E-state index in [-0.39, 0.29) is 34.4 Å². The molecule has 3 fully saturated rings. The van der Waals surface area contributed by atoms with Crippen LogP contribution in [0.2, 0.25) is 0 Å². The lowest BCUT2D eigenvalue weighted by molar-refractivity contribution is -0.131. The third-order valence-electron chi connectivity index (χ3n) is 8.74. The first-order valence-electron chi connectivity index (χ1n) is 11.3. The van der Waals surface area contributed by atoms with E-state index in [1.807, 2.05) is 6.08 Å². The van der Waals surface area contributed by atoms with Gasteiger partial charge in [-0.05, 0) is 74.3 Å². The highest BCUT2D eigenvalue weighted by Gasteiger charge is 2.62. The molecule has 0 spiro atoms. The topological polar surface area (TPSA) is 83.8 Å². The summed E-state index contributed by atoms with van der Waals surface area (Å²) >= 11 is 0. The first kappa shape index (κ1) is 20.5. The maximum absolute atomic E-state index is 12.8. The molecule has 0 heterocycles. The molecule has 0 bridgehead atoms. The van der Waals surface area contributed by atoms with Crippen LogP contribution >= 0.6 is 0 Å². The summed E-state index contributed by atoms with van der Waals surface area (Å²) in [7, 11) is 0. The van der Waals surface area contributed by atoms with E-state index in [2.05, 4.69) is 13.8 Å². The molecule has 31 heavy (non-hydrogen) atoms. The monoisotopic (exact) mass is 422 g/mol. The summed E-state index contributed by atoms with van der Waals surface area (Å²) in [5.74, 6) is 0.440. The molecule has 2 N–H and O–H groups in total. The molecule has 5 rings (SSSR count). The number of rotatable bonds is 2. The molecule has 5 nitrogen and oxygen atoms in total. The summed E-state index contributed by atoms with van der Waals surface area (Å²) in [4.78, 5) is 24.7. The van der Waals surface area contributed by atoms with Crippen molar-refractivity contribution >= 4 is 11.8 Å². The van der Waals surface area contributed by atoms with Crippen molar-refractivity contribution in [3.05, 3.63) is 53.6 Å². The quantitative estimate of drug-likeness (QED) is 0.698. The Morgan fingerprint density at radius 2 is 2.00 bits per heavy atom. The Bertz CT molecular complexity index is 993. The molecule has 3 saturated carbocycles. The van der Waals surface area contributed by atoms with Crippen LogP contribution in [-0.2, 0) is 9.53 Å². The highest BCUT2D eigenvalue weighted by atomic mass is 16.5. The van der Waals surface area contributed by atoms with E-state index in [4.69, 9.17) is 4.74 Å². The summed E-state index contributed by atoms with van der Waals surface area (Å²) in [5.41, 5.74) is 0.930. The number of hydrogen-bond acceptors (Lipinski definition) is 5. The average Bonchev–Trinajstić information content (AvgIpc) is 3.04. The third kappa shape index (κ3) is 3.08. The van der Waals surface area contributed by atoms with Crippen LogP contribution in [0, 0.1) is 28.6 Å². The standard InChI is InChI=1S/C26H30O5/c1-25-11-10-18(28)13-16(25)6-7-19-20-8-9-22(26(20,2)14-21(29)23(19)25)31-24(30)15-4-3-5-17(27)12-15/h3-5,10-13,19-23,27,29H,6-9,14H2,1-2H3. The number of phenolic OH excluding ortho intramolecular Hbond substituents is 1. The summed E-state index contributed by atoms with van der Waals surface area (Å²) in [6.07, 6.45) is 8.85. The molecule has 7 unspecified atom stereocenters. The average molecular weight is 423 g/mol. The van der Waals surface area contributed by atoms with Crippen molar-refractivity contribution in [2.75, 3.05) is 0 Å². The Hall–Kier alpha value is -2.40. The second-order valence-electron chi connectivity index (χ2n) is 10.3. The largest absolute Gasteiger partial charge is 0.508 e. The number of allylic oxidation sites excluding steroid dienone is 4. The molecule has 4 aliphatic rings. The Morgan fingerprint density at radius 3 is 2.77 bits per heavy atom. The van der Waals surface area contributed by atoms with Crippen LogP contribution in [0.4, 0.5) is 0 Å². The normalized spacial score (nSPS) is 41.1. The molecule has 5 heteroatoms. The number of fused-ring (bicyclic) bond motifs is 5. The van der Waals surface area contributed by atoms with Gasteiger partial charge in [0, 0.05) is 16.7 Å². The molecule has 7 atom stereocenters. The molecule has 164 valence electrons. The van der Waals surface area contributed by atoms with Crippen molar-refractivity contribution in [2.24, 2.45) is 28.6 Å². The minimum absolute atomic E-state index is 0.0409. The van der Waals surface area contributed by atoms with Crippen LogP contribution in [0.5, 0.6) is 5.75 Å². The number of hydrogen-bond donors (Lipinski definition) is 2. The van der Waals surface area contributed by atoms with Gasteiger partial charge in [0.1, 0.15) is 11.9 Å². The number of aliphatic hydroxyl groups excluding tert-OH is 1. The van der Waals surface area contributed by atoms with Crippen molar-refractivity contribution < 1.29 is 24.5 Å². The highest BCUT2D eigenvalue weighted by molar-refractivity contribution is 6.01. The van der Waals surface area contributed by atoms with Crippen molar-refractivity contribution in [1.82, 2.24) is 0 Å². The molecule has 0 radical (unpaired) electrons. The second kappa shape index (κ2) is 7.06. The zero-order valence-corrected chi connectivity index (χ0v) is 18.1. The van der Waals surface area contributed by atoms with Crippen LogP contribution in [0.3, 0.4) is 0 Å². The van der Waals surface area contributed by atoms with Crippen LogP contribution in [0.15, 0.2) is 48.1 Å². The Morgan fingerprint density at radius 1 is 1.19 bits per heavy atom. The van der Waals surface area contributed by atoms with E-state index in [9.17, 15) is 19.8 Å². The van der Waals surface area contributed by atoms with E-state index in [0.717, 1.165) is 31.3 Å². The Balaban J connectivity index is 1.41. The molecule has 0 amide bonds. The number of benzene rings is 1. The first-order chi connectivity index (χ1) is 14.7. The van der Waals surface area contributed by atoms with Gasteiger partial charge in [-0.25, -0.2) is 4.79 Å². The van der Waals surface area contributed by atoms with Gasteiger partial charge in [0.15, 0.2) is 5.78 Å². The molecule has 0 saturated heterocycles. The first-order valence-corrected chi connectivity index (χ1v) is 11.3. The van der Waals surface area contributed by atoms with Crippen LogP contribution in [0.1, 0.15) is 56.3 Å².